The van der Waals surface area contributed by atoms with E-state index in [1.165, 1.54) is 12.3 Å². The van der Waals surface area contributed by atoms with Crippen molar-refractivity contribution in [3.05, 3.63) is 64.3 Å². The lowest BCUT2D eigenvalue weighted by atomic mass is 10.2. The van der Waals surface area contributed by atoms with Gasteiger partial charge in [0.25, 0.3) is 5.91 Å². The van der Waals surface area contributed by atoms with Crippen molar-refractivity contribution < 1.29 is 4.79 Å². The van der Waals surface area contributed by atoms with Crippen molar-refractivity contribution in [1.82, 2.24) is 14.9 Å². The number of carbonyl (C=O) groups excluding carboxylic acids is 1. The van der Waals surface area contributed by atoms with E-state index in [2.05, 4.69) is 9.97 Å². The maximum atomic E-state index is 12.5. The number of pyridine rings is 2. The van der Waals surface area contributed by atoms with Crippen LogP contribution in [0.25, 0.3) is 0 Å². The minimum absolute atomic E-state index is 0.0950. The van der Waals surface area contributed by atoms with Crippen molar-refractivity contribution in [3.8, 4) is 0 Å². The second-order valence-corrected chi connectivity index (χ2v) is 4.97. The summed E-state index contributed by atoms with van der Waals surface area (Å²) in [6, 6.07) is 7.08. The van der Waals surface area contributed by atoms with Gasteiger partial charge in [-0.05, 0) is 30.5 Å². The molecule has 3 rings (SSSR count). The first-order valence-electron chi connectivity index (χ1n) is 6.62. The van der Waals surface area contributed by atoms with Crippen molar-refractivity contribution >= 4 is 5.91 Å². The number of hydrogen-bond donors (Lipinski definition) is 1. The van der Waals surface area contributed by atoms with Crippen LogP contribution in [0.15, 0.2) is 47.7 Å². The summed E-state index contributed by atoms with van der Waals surface area (Å²) in [6.45, 7) is 0.532. The van der Waals surface area contributed by atoms with Gasteiger partial charge in [0, 0.05) is 42.8 Å². The third kappa shape index (κ3) is 2.77. The number of rotatable bonds is 4. The van der Waals surface area contributed by atoms with E-state index >= 15 is 0 Å². The van der Waals surface area contributed by atoms with Gasteiger partial charge in [0.05, 0.1) is 0 Å². The highest BCUT2D eigenvalue weighted by atomic mass is 16.2. The van der Waals surface area contributed by atoms with E-state index in [0.29, 0.717) is 12.1 Å². The first-order valence-corrected chi connectivity index (χ1v) is 6.62. The van der Waals surface area contributed by atoms with E-state index in [4.69, 9.17) is 0 Å². The van der Waals surface area contributed by atoms with E-state index in [-0.39, 0.29) is 17.5 Å². The van der Waals surface area contributed by atoms with E-state index in [9.17, 15) is 9.59 Å². The highest BCUT2D eigenvalue weighted by Crippen LogP contribution is 2.29. The fourth-order valence-corrected chi connectivity index (χ4v) is 2.18. The highest BCUT2D eigenvalue weighted by Gasteiger charge is 2.33. The molecule has 2 heterocycles. The Labute approximate surface area is 116 Å². The predicted octanol–water partition coefficient (Wildman–Crippen LogP) is 1.57. The summed E-state index contributed by atoms with van der Waals surface area (Å²) >= 11 is 0. The molecule has 0 bridgehead atoms. The van der Waals surface area contributed by atoms with E-state index in [1.54, 1.807) is 18.5 Å². The van der Waals surface area contributed by atoms with Crippen LogP contribution < -0.4 is 5.56 Å². The monoisotopic (exact) mass is 269 g/mol. The molecule has 0 saturated heterocycles. The van der Waals surface area contributed by atoms with Crippen LogP contribution in [0.3, 0.4) is 0 Å². The van der Waals surface area contributed by atoms with E-state index < -0.39 is 0 Å². The SMILES string of the molecule is O=C(c1cc[nH]c(=O)c1)N(Cc1cccnc1)C1CC1. The molecular formula is C15H15N3O2. The van der Waals surface area contributed by atoms with Gasteiger partial charge >= 0.3 is 0 Å². The number of aromatic amines is 1. The molecule has 20 heavy (non-hydrogen) atoms. The topological polar surface area (TPSA) is 66.1 Å². The number of aromatic nitrogens is 2. The molecule has 1 saturated carbocycles. The molecule has 0 aliphatic heterocycles. The minimum atomic E-state index is -0.257. The molecule has 0 radical (unpaired) electrons. The number of H-pyrrole nitrogens is 1. The standard InChI is InChI=1S/C15H15N3O2/c19-14-8-12(5-7-17-14)15(20)18(13-3-4-13)10-11-2-1-6-16-9-11/h1-2,5-9,13H,3-4,10H2,(H,17,19). The molecule has 0 unspecified atom stereocenters. The maximum absolute atomic E-state index is 12.5. The van der Waals surface area contributed by atoms with Gasteiger partial charge in [0.1, 0.15) is 0 Å². The van der Waals surface area contributed by atoms with Crippen molar-refractivity contribution in [2.45, 2.75) is 25.4 Å². The van der Waals surface area contributed by atoms with Gasteiger partial charge in [-0.2, -0.15) is 0 Å². The molecule has 2 aromatic heterocycles. The zero-order valence-corrected chi connectivity index (χ0v) is 11.0. The molecule has 1 aliphatic carbocycles. The second kappa shape index (κ2) is 5.28. The van der Waals surface area contributed by atoms with Gasteiger partial charge in [-0.3, -0.25) is 14.6 Å². The maximum Gasteiger partial charge on any atom is 0.254 e. The lowest BCUT2D eigenvalue weighted by Gasteiger charge is -2.22. The van der Waals surface area contributed by atoms with Crippen molar-refractivity contribution in [2.75, 3.05) is 0 Å². The van der Waals surface area contributed by atoms with Crippen molar-refractivity contribution in [1.29, 1.82) is 0 Å². The molecule has 1 amide bonds. The molecule has 102 valence electrons. The molecule has 0 aromatic carbocycles. The average molecular weight is 269 g/mol. The Hall–Kier alpha value is -2.43. The Kier molecular flexibility index (Phi) is 3.33. The van der Waals surface area contributed by atoms with Gasteiger partial charge in [-0.1, -0.05) is 6.07 Å². The van der Waals surface area contributed by atoms with E-state index in [0.717, 1.165) is 18.4 Å². The largest absolute Gasteiger partial charge is 0.331 e. The summed E-state index contributed by atoms with van der Waals surface area (Å²) < 4.78 is 0. The quantitative estimate of drug-likeness (QED) is 0.916. The van der Waals surface area contributed by atoms with Crippen LogP contribution in [-0.4, -0.2) is 26.8 Å². The van der Waals surface area contributed by atoms with Crippen LogP contribution >= 0.6 is 0 Å². The van der Waals surface area contributed by atoms with Crippen LogP contribution in [0.2, 0.25) is 0 Å². The third-order valence-electron chi connectivity index (χ3n) is 3.35. The zero-order valence-electron chi connectivity index (χ0n) is 11.0. The van der Waals surface area contributed by atoms with Gasteiger partial charge in [-0.15, -0.1) is 0 Å². The van der Waals surface area contributed by atoms with Crippen LogP contribution in [0.4, 0.5) is 0 Å². The van der Waals surface area contributed by atoms with E-state index in [1.807, 2.05) is 17.0 Å². The predicted molar refractivity (Wildman–Crippen MR) is 74.2 cm³/mol. The number of amides is 1. The Balaban J connectivity index is 1.84. The van der Waals surface area contributed by atoms with Crippen molar-refractivity contribution in [2.24, 2.45) is 0 Å². The smallest absolute Gasteiger partial charge is 0.254 e. The Morgan fingerprint density at radius 3 is 2.90 bits per heavy atom. The molecule has 2 aromatic rings. The molecule has 1 aliphatic rings. The minimum Gasteiger partial charge on any atom is -0.331 e. The normalized spacial score (nSPS) is 14.0. The molecule has 1 N–H and O–H groups in total. The first kappa shape index (κ1) is 12.6. The highest BCUT2D eigenvalue weighted by molar-refractivity contribution is 5.94. The summed E-state index contributed by atoms with van der Waals surface area (Å²) in [5, 5.41) is 0. The summed E-state index contributed by atoms with van der Waals surface area (Å²) in [5.41, 5.74) is 1.18. The van der Waals surface area contributed by atoms with Crippen molar-refractivity contribution in [3.63, 3.8) is 0 Å². The molecule has 5 heteroatoms. The summed E-state index contributed by atoms with van der Waals surface area (Å²) in [5.74, 6) is -0.0950. The van der Waals surface area contributed by atoms with Crippen LogP contribution in [0, 0.1) is 0 Å². The summed E-state index contributed by atoms with van der Waals surface area (Å²) in [6.07, 6.45) is 7.03. The summed E-state index contributed by atoms with van der Waals surface area (Å²) in [7, 11) is 0. The van der Waals surface area contributed by atoms with Crippen LogP contribution in [0.5, 0.6) is 0 Å². The molecular weight excluding hydrogens is 254 g/mol. The van der Waals surface area contributed by atoms with Gasteiger partial charge in [0.2, 0.25) is 5.56 Å². The Morgan fingerprint density at radius 1 is 1.40 bits per heavy atom. The molecule has 5 nitrogen and oxygen atoms in total. The first-order chi connectivity index (χ1) is 9.74. The Bertz CT molecular complexity index is 662. The lowest BCUT2D eigenvalue weighted by Crippen LogP contribution is -2.33. The number of hydrogen-bond acceptors (Lipinski definition) is 3. The average Bonchev–Trinajstić information content (AvgIpc) is 3.30. The Morgan fingerprint density at radius 2 is 2.25 bits per heavy atom. The molecule has 1 fully saturated rings. The molecule has 0 atom stereocenters. The lowest BCUT2D eigenvalue weighted by molar-refractivity contribution is 0.0729. The fraction of sp³-hybridized carbons (Fsp3) is 0.267. The fourth-order valence-electron chi connectivity index (χ4n) is 2.18. The zero-order chi connectivity index (χ0) is 13.9. The van der Waals surface area contributed by atoms with Crippen LogP contribution in [0.1, 0.15) is 28.8 Å². The summed E-state index contributed by atoms with van der Waals surface area (Å²) in [4.78, 5) is 32.3. The third-order valence-corrected chi connectivity index (χ3v) is 3.35. The molecule has 0 spiro atoms. The number of carbonyl (C=O) groups is 1. The van der Waals surface area contributed by atoms with Gasteiger partial charge in [0.15, 0.2) is 0 Å². The number of nitrogens with one attached hydrogen (secondary N) is 1. The van der Waals surface area contributed by atoms with Gasteiger partial charge < -0.3 is 9.88 Å². The number of nitrogens with zero attached hydrogens (tertiary/aromatic N) is 2. The van der Waals surface area contributed by atoms with Gasteiger partial charge in [-0.25, -0.2) is 0 Å². The second-order valence-electron chi connectivity index (χ2n) is 4.97. The van der Waals surface area contributed by atoms with Crippen LogP contribution in [-0.2, 0) is 6.54 Å².